The van der Waals surface area contributed by atoms with Gasteiger partial charge in [0.05, 0.1) is 24.9 Å². The van der Waals surface area contributed by atoms with Gasteiger partial charge in [-0.25, -0.2) is 9.78 Å². The predicted molar refractivity (Wildman–Crippen MR) is 111 cm³/mol. The van der Waals surface area contributed by atoms with Crippen molar-refractivity contribution in [1.82, 2.24) is 9.97 Å². The van der Waals surface area contributed by atoms with E-state index in [2.05, 4.69) is 14.9 Å². The van der Waals surface area contributed by atoms with Crippen LogP contribution in [-0.2, 0) is 4.74 Å². The van der Waals surface area contributed by atoms with Crippen LogP contribution in [0.25, 0.3) is 0 Å². The molecule has 0 spiro atoms. The van der Waals surface area contributed by atoms with Crippen LogP contribution in [-0.4, -0.2) is 42.7 Å². The number of hydrogen-bond acceptors (Lipinski definition) is 7. The van der Waals surface area contributed by atoms with Gasteiger partial charge in [-0.15, -0.1) is 0 Å². The third-order valence-corrected chi connectivity index (χ3v) is 5.10. The molecule has 1 aliphatic rings. The first-order valence-corrected chi connectivity index (χ1v) is 10.2. The molecule has 156 valence electrons. The van der Waals surface area contributed by atoms with Crippen LogP contribution in [0.15, 0.2) is 24.4 Å². The van der Waals surface area contributed by atoms with Crippen molar-refractivity contribution in [2.75, 3.05) is 31.7 Å². The minimum atomic E-state index is -0.507. The van der Waals surface area contributed by atoms with E-state index >= 15 is 0 Å². The molecule has 0 N–H and O–H groups in total. The summed E-state index contributed by atoms with van der Waals surface area (Å²) in [7, 11) is 1.56. The summed E-state index contributed by atoms with van der Waals surface area (Å²) in [5.74, 6) is 0.850. The molecule has 8 heteroatoms. The summed E-state index contributed by atoms with van der Waals surface area (Å²) in [5.41, 5.74) is 1.04. The third kappa shape index (κ3) is 5.09. The standard InChI is InChI=1S/C21H26ClN3O4/c1-4-28-20(26)16-13-23-21(25-10-6-5-7-11-25)24-19(16)29-14(2)15-8-9-18(27-3)17(22)12-15/h8-9,12-14H,4-7,10-11H2,1-3H3. The van der Waals surface area contributed by atoms with E-state index in [9.17, 15) is 4.79 Å². The minimum absolute atomic E-state index is 0.207. The molecule has 0 radical (unpaired) electrons. The summed E-state index contributed by atoms with van der Waals surface area (Å²) in [5, 5.41) is 0.489. The Morgan fingerprint density at radius 3 is 2.69 bits per heavy atom. The average Bonchev–Trinajstić information content (AvgIpc) is 2.74. The second kappa shape index (κ2) is 9.78. The fraction of sp³-hybridized carbons (Fsp3) is 0.476. The Morgan fingerprint density at radius 2 is 2.03 bits per heavy atom. The molecule has 29 heavy (non-hydrogen) atoms. The zero-order valence-corrected chi connectivity index (χ0v) is 17.7. The Balaban J connectivity index is 1.89. The fourth-order valence-electron chi connectivity index (χ4n) is 3.21. The number of anilines is 1. The van der Waals surface area contributed by atoms with Gasteiger partial charge in [0, 0.05) is 13.1 Å². The van der Waals surface area contributed by atoms with Crippen LogP contribution in [0.4, 0.5) is 5.95 Å². The van der Waals surface area contributed by atoms with Gasteiger partial charge in [-0.3, -0.25) is 0 Å². The smallest absolute Gasteiger partial charge is 0.345 e. The van der Waals surface area contributed by atoms with E-state index < -0.39 is 12.1 Å². The molecule has 1 saturated heterocycles. The Kier molecular flexibility index (Phi) is 7.14. The maximum atomic E-state index is 12.4. The van der Waals surface area contributed by atoms with Crippen LogP contribution in [0.2, 0.25) is 5.02 Å². The third-order valence-electron chi connectivity index (χ3n) is 4.81. The first-order valence-electron chi connectivity index (χ1n) is 9.82. The number of benzene rings is 1. The SMILES string of the molecule is CCOC(=O)c1cnc(N2CCCCC2)nc1OC(C)c1ccc(OC)c(Cl)c1. The lowest BCUT2D eigenvalue weighted by molar-refractivity contribution is 0.0517. The first-order chi connectivity index (χ1) is 14.0. The quantitative estimate of drug-likeness (QED) is 0.614. The van der Waals surface area contributed by atoms with Crippen LogP contribution in [0.5, 0.6) is 11.6 Å². The van der Waals surface area contributed by atoms with E-state index in [-0.39, 0.29) is 18.1 Å². The Labute approximate surface area is 176 Å². The van der Waals surface area contributed by atoms with Crippen molar-refractivity contribution in [3.63, 3.8) is 0 Å². The molecular formula is C21H26ClN3O4. The van der Waals surface area contributed by atoms with Crippen molar-refractivity contribution in [2.24, 2.45) is 0 Å². The van der Waals surface area contributed by atoms with Gasteiger partial charge in [-0.05, 0) is 50.8 Å². The van der Waals surface area contributed by atoms with Crippen LogP contribution >= 0.6 is 11.6 Å². The maximum absolute atomic E-state index is 12.4. The zero-order valence-electron chi connectivity index (χ0n) is 17.0. The van der Waals surface area contributed by atoms with Crippen molar-refractivity contribution >= 4 is 23.5 Å². The second-order valence-electron chi connectivity index (χ2n) is 6.81. The molecule has 2 heterocycles. The largest absolute Gasteiger partial charge is 0.495 e. The molecule has 0 saturated carbocycles. The molecule has 3 rings (SSSR count). The lowest BCUT2D eigenvalue weighted by atomic mass is 10.1. The predicted octanol–water partition coefficient (Wildman–Crippen LogP) is 4.45. The average molecular weight is 420 g/mol. The number of rotatable bonds is 7. The molecule has 2 aromatic rings. The van der Waals surface area contributed by atoms with Crippen LogP contribution < -0.4 is 14.4 Å². The molecule has 7 nitrogen and oxygen atoms in total. The summed E-state index contributed by atoms with van der Waals surface area (Å²) >= 11 is 6.24. The van der Waals surface area contributed by atoms with Gasteiger partial charge in [0.15, 0.2) is 0 Å². The van der Waals surface area contributed by atoms with Gasteiger partial charge in [0.25, 0.3) is 0 Å². The lowest BCUT2D eigenvalue weighted by Gasteiger charge is -2.27. The molecule has 1 aliphatic heterocycles. The highest BCUT2D eigenvalue weighted by atomic mass is 35.5. The summed E-state index contributed by atoms with van der Waals surface area (Å²) in [6.45, 7) is 5.67. The van der Waals surface area contributed by atoms with Crippen molar-refractivity contribution in [3.8, 4) is 11.6 Å². The Bertz CT molecular complexity index is 856. The van der Waals surface area contributed by atoms with E-state index in [0.29, 0.717) is 16.7 Å². The molecule has 1 aromatic carbocycles. The van der Waals surface area contributed by atoms with Crippen molar-refractivity contribution < 1.29 is 19.0 Å². The summed E-state index contributed by atoms with van der Waals surface area (Å²) < 4.78 is 16.4. The molecule has 1 fully saturated rings. The number of methoxy groups -OCH3 is 1. The molecule has 1 aromatic heterocycles. The summed E-state index contributed by atoms with van der Waals surface area (Å²) in [6, 6.07) is 5.43. The van der Waals surface area contributed by atoms with Crippen LogP contribution in [0.1, 0.15) is 55.1 Å². The first kappa shape index (κ1) is 21.2. The Morgan fingerprint density at radius 1 is 1.28 bits per heavy atom. The number of ether oxygens (including phenoxy) is 3. The summed E-state index contributed by atoms with van der Waals surface area (Å²) in [4.78, 5) is 23.4. The monoisotopic (exact) mass is 419 g/mol. The van der Waals surface area contributed by atoms with E-state index in [4.69, 9.17) is 25.8 Å². The normalized spacial score (nSPS) is 15.0. The number of aromatic nitrogens is 2. The number of halogens is 1. The van der Waals surface area contributed by atoms with E-state index in [1.54, 1.807) is 26.2 Å². The second-order valence-corrected chi connectivity index (χ2v) is 7.22. The molecule has 1 atom stereocenters. The molecule has 0 amide bonds. The van der Waals surface area contributed by atoms with Gasteiger partial charge >= 0.3 is 5.97 Å². The minimum Gasteiger partial charge on any atom is -0.495 e. The van der Waals surface area contributed by atoms with E-state index in [0.717, 1.165) is 31.5 Å². The van der Waals surface area contributed by atoms with Crippen molar-refractivity contribution in [1.29, 1.82) is 0 Å². The van der Waals surface area contributed by atoms with Crippen LogP contribution in [0.3, 0.4) is 0 Å². The molecule has 1 unspecified atom stereocenters. The number of carbonyl (C=O) groups is 1. The highest BCUT2D eigenvalue weighted by molar-refractivity contribution is 6.32. The number of carbonyl (C=O) groups excluding carboxylic acids is 1. The van der Waals surface area contributed by atoms with Gasteiger partial charge in [0.1, 0.15) is 17.4 Å². The Hall–Kier alpha value is -2.54. The van der Waals surface area contributed by atoms with Crippen molar-refractivity contribution in [2.45, 2.75) is 39.2 Å². The number of nitrogens with zero attached hydrogens (tertiary/aromatic N) is 3. The number of piperidine rings is 1. The van der Waals surface area contributed by atoms with Crippen LogP contribution in [0, 0.1) is 0 Å². The summed E-state index contributed by atoms with van der Waals surface area (Å²) in [6.07, 6.45) is 4.49. The maximum Gasteiger partial charge on any atom is 0.345 e. The molecular weight excluding hydrogens is 394 g/mol. The van der Waals surface area contributed by atoms with Gasteiger partial charge in [0.2, 0.25) is 11.8 Å². The van der Waals surface area contributed by atoms with Gasteiger partial charge in [-0.1, -0.05) is 17.7 Å². The van der Waals surface area contributed by atoms with E-state index in [1.807, 2.05) is 13.0 Å². The van der Waals surface area contributed by atoms with Gasteiger partial charge in [-0.2, -0.15) is 4.98 Å². The highest BCUT2D eigenvalue weighted by Crippen LogP contribution is 2.31. The topological polar surface area (TPSA) is 73.8 Å². The molecule has 0 aliphatic carbocycles. The van der Waals surface area contributed by atoms with E-state index in [1.165, 1.54) is 12.6 Å². The number of hydrogen-bond donors (Lipinski definition) is 0. The van der Waals surface area contributed by atoms with Gasteiger partial charge < -0.3 is 19.1 Å². The fourth-order valence-corrected chi connectivity index (χ4v) is 3.48. The number of esters is 1. The molecule has 0 bridgehead atoms. The van der Waals surface area contributed by atoms with Crippen molar-refractivity contribution in [3.05, 3.63) is 40.5 Å². The lowest BCUT2D eigenvalue weighted by Crippen LogP contribution is -2.31. The highest BCUT2D eigenvalue weighted by Gasteiger charge is 2.23. The zero-order chi connectivity index (χ0) is 20.8.